The molecule has 2 atom stereocenters. The number of amides is 1. The van der Waals surface area contributed by atoms with Crippen LogP contribution in [-0.2, 0) is 15.3 Å². The van der Waals surface area contributed by atoms with Crippen LogP contribution in [0.3, 0.4) is 0 Å². The van der Waals surface area contributed by atoms with Crippen molar-refractivity contribution >= 4 is 23.6 Å². The number of aryl methyl sites for hydroxylation is 1. The maximum absolute atomic E-state index is 11.9. The van der Waals surface area contributed by atoms with Crippen molar-refractivity contribution in [2.24, 2.45) is 5.92 Å². The summed E-state index contributed by atoms with van der Waals surface area (Å²) in [5.41, 5.74) is 2.45. The summed E-state index contributed by atoms with van der Waals surface area (Å²) in [5, 5.41) is 11.9. The number of benzene rings is 1. The van der Waals surface area contributed by atoms with E-state index < -0.39 is 5.97 Å². The Kier molecular flexibility index (Phi) is 5.67. The van der Waals surface area contributed by atoms with E-state index in [0.29, 0.717) is 18.6 Å². The molecule has 0 saturated heterocycles. The summed E-state index contributed by atoms with van der Waals surface area (Å²) in [6.07, 6.45) is 1.99. The molecular formula is C16H21NO3S. The van der Waals surface area contributed by atoms with Crippen LogP contribution in [0.2, 0.25) is 0 Å². The molecule has 1 amide bonds. The summed E-state index contributed by atoms with van der Waals surface area (Å²) in [7, 11) is 0. The van der Waals surface area contributed by atoms with Crippen molar-refractivity contribution in [1.29, 1.82) is 0 Å². The average Bonchev–Trinajstić information content (AvgIpc) is 2.87. The van der Waals surface area contributed by atoms with E-state index in [0.717, 1.165) is 12.2 Å². The first-order chi connectivity index (χ1) is 10.0. The lowest BCUT2D eigenvalue weighted by atomic mass is 10.1. The third-order valence-electron chi connectivity index (χ3n) is 3.73. The van der Waals surface area contributed by atoms with Gasteiger partial charge >= 0.3 is 5.97 Å². The molecule has 0 aliphatic heterocycles. The molecule has 4 nitrogen and oxygen atoms in total. The van der Waals surface area contributed by atoms with Gasteiger partial charge in [-0.1, -0.05) is 29.8 Å². The van der Waals surface area contributed by atoms with E-state index in [1.807, 2.05) is 6.07 Å². The van der Waals surface area contributed by atoms with E-state index in [1.54, 1.807) is 11.8 Å². The molecule has 0 aromatic heterocycles. The molecular weight excluding hydrogens is 286 g/mol. The van der Waals surface area contributed by atoms with E-state index in [2.05, 4.69) is 30.4 Å². The standard InChI is InChI=1S/C16H21NO3S/c1-11-3-2-4-12(7-11)9-21-10-15(18)17-14-6-5-13(8-14)16(19)20/h2-4,7,13-14H,5-6,8-10H2,1H3,(H,17,18)(H,19,20)/t13-,14+/m0/s1. The van der Waals surface area contributed by atoms with Crippen LogP contribution in [0, 0.1) is 12.8 Å². The number of carbonyl (C=O) groups excluding carboxylic acids is 1. The fraction of sp³-hybridized carbons (Fsp3) is 0.500. The van der Waals surface area contributed by atoms with Crippen molar-refractivity contribution in [2.45, 2.75) is 38.0 Å². The van der Waals surface area contributed by atoms with Crippen molar-refractivity contribution in [3.05, 3.63) is 35.4 Å². The zero-order valence-corrected chi connectivity index (χ0v) is 13.0. The largest absolute Gasteiger partial charge is 0.481 e. The van der Waals surface area contributed by atoms with Crippen LogP contribution >= 0.6 is 11.8 Å². The fourth-order valence-corrected chi connectivity index (χ4v) is 3.46. The second-order valence-corrected chi connectivity index (χ2v) is 6.58. The van der Waals surface area contributed by atoms with Crippen LogP contribution in [0.15, 0.2) is 24.3 Å². The highest BCUT2D eigenvalue weighted by Crippen LogP contribution is 2.25. The van der Waals surface area contributed by atoms with Crippen LogP contribution in [0.4, 0.5) is 0 Å². The second-order valence-electron chi connectivity index (χ2n) is 5.59. The molecule has 2 N–H and O–H groups in total. The van der Waals surface area contributed by atoms with Gasteiger partial charge in [-0.05, 0) is 31.7 Å². The highest BCUT2D eigenvalue weighted by Gasteiger charge is 2.30. The van der Waals surface area contributed by atoms with Gasteiger partial charge < -0.3 is 10.4 Å². The van der Waals surface area contributed by atoms with Gasteiger partial charge in [-0.2, -0.15) is 0 Å². The van der Waals surface area contributed by atoms with Gasteiger partial charge in [0, 0.05) is 11.8 Å². The number of carboxylic acid groups (broad SMARTS) is 1. The Bertz CT molecular complexity index is 518. The van der Waals surface area contributed by atoms with Crippen LogP contribution < -0.4 is 5.32 Å². The molecule has 114 valence electrons. The number of carbonyl (C=O) groups is 2. The molecule has 1 saturated carbocycles. The first kappa shape index (κ1) is 15.9. The molecule has 0 radical (unpaired) electrons. The first-order valence-electron chi connectivity index (χ1n) is 7.20. The molecule has 0 unspecified atom stereocenters. The van der Waals surface area contributed by atoms with Crippen molar-refractivity contribution < 1.29 is 14.7 Å². The predicted molar refractivity (Wildman–Crippen MR) is 84.2 cm³/mol. The smallest absolute Gasteiger partial charge is 0.306 e. The number of hydrogen-bond donors (Lipinski definition) is 2. The van der Waals surface area contributed by atoms with Gasteiger partial charge in [0.05, 0.1) is 11.7 Å². The van der Waals surface area contributed by atoms with Crippen LogP contribution in [-0.4, -0.2) is 28.8 Å². The predicted octanol–water partition coefficient (Wildman–Crippen LogP) is 2.60. The van der Waals surface area contributed by atoms with Crippen molar-refractivity contribution in [3.63, 3.8) is 0 Å². The summed E-state index contributed by atoms with van der Waals surface area (Å²) >= 11 is 1.59. The van der Waals surface area contributed by atoms with Gasteiger partial charge in [0.2, 0.25) is 5.91 Å². The SMILES string of the molecule is Cc1cccc(CSCC(=O)N[C@@H]2CC[C@H](C(=O)O)C2)c1. The quantitative estimate of drug-likeness (QED) is 0.848. The lowest BCUT2D eigenvalue weighted by molar-refractivity contribution is -0.141. The molecule has 0 bridgehead atoms. The normalized spacial score (nSPS) is 21.2. The van der Waals surface area contributed by atoms with Gasteiger partial charge in [0.1, 0.15) is 0 Å². The van der Waals surface area contributed by atoms with Gasteiger partial charge in [0.15, 0.2) is 0 Å². The maximum Gasteiger partial charge on any atom is 0.306 e. The number of rotatable bonds is 6. The first-order valence-corrected chi connectivity index (χ1v) is 8.35. The Morgan fingerprint density at radius 1 is 1.38 bits per heavy atom. The third-order valence-corrected chi connectivity index (χ3v) is 4.74. The fourth-order valence-electron chi connectivity index (χ4n) is 2.67. The summed E-state index contributed by atoms with van der Waals surface area (Å²) in [6.45, 7) is 2.06. The number of thioether (sulfide) groups is 1. The molecule has 0 heterocycles. The van der Waals surface area contributed by atoms with Gasteiger partial charge in [-0.15, -0.1) is 11.8 Å². The summed E-state index contributed by atoms with van der Waals surface area (Å²) in [5.74, 6) is 0.194. The Hall–Kier alpha value is -1.49. The average molecular weight is 307 g/mol. The van der Waals surface area contributed by atoms with E-state index in [4.69, 9.17) is 5.11 Å². The number of carboxylic acids is 1. The van der Waals surface area contributed by atoms with Crippen molar-refractivity contribution in [2.75, 3.05) is 5.75 Å². The molecule has 1 fully saturated rings. The summed E-state index contributed by atoms with van der Waals surface area (Å²) < 4.78 is 0. The summed E-state index contributed by atoms with van der Waals surface area (Å²) in [6, 6.07) is 8.29. The molecule has 2 rings (SSSR count). The molecule has 1 aromatic carbocycles. The lowest BCUT2D eigenvalue weighted by Gasteiger charge is -2.12. The van der Waals surface area contributed by atoms with E-state index in [-0.39, 0.29) is 17.9 Å². The zero-order chi connectivity index (χ0) is 15.2. The number of aliphatic carboxylic acids is 1. The van der Waals surface area contributed by atoms with Gasteiger partial charge in [0.25, 0.3) is 0 Å². The Morgan fingerprint density at radius 2 is 2.19 bits per heavy atom. The molecule has 1 aromatic rings. The highest BCUT2D eigenvalue weighted by molar-refractivity contribution is 7.99. The Labute approximate surface area is 129 Å². The Morgan fingerprint density at radius 3 is 2.86 bits per heavy atom. The van der Waals surface area contributed by atoms with E-state index >= 15 is 0 Å². The minimum atomic E-state index is -0.749. The zero-order valence-electron chi connectivity index (χ0n) is 12.2. The molecule has 21 heavy (non-hydrogen) atoms. The number of nitrogens with one attached hydrogen (secondary N) is 1. The molecule has 1 aliphatic rings. The minimum absolute atomic E-state index is 0.00342. The molecule has 0 spiro atoms. The minimum Gasteiger partial charge on any atom is -0.481 e. The van der Waals surface area contributed by atoms with Gasteiger partial charge in [-0.25, -0.2) is 0 Å². The molecule has 1 aliphatic carbocycles. The van der Waals surface area contributed by atoms with Crippen LogP contribution in [0.5, 0.6) is 0 Å². The Balaban J connectivity index is 1.67. The van der Waals surface area contributed by atoms with Crippen molar-refractivity contribution in [3.8, 4) is 0 Å². The monoisotopic (exact) mass is 307 g/mol. The maximum atomic E-state index is 11.9. The third kappa shape index (κ3) is 5.08. The van der Waals surface area contributed by atoms with E-state index in [1.165, 1.54) is 11.1 Å². The number of hydrogen-bond acceptors (Lipinski definition) is 3. The highest BCUT2D eigenvalue weighted by atomic mass is 32.2. The van der Waals surface area contributed by atoms with E-state index in [9.17, 15) is 9.59 Å². The van der Waals surface area contributed by atoms with Crippen LogP contribution in [0.1, 0.15) is 30.4 Å². The topological polar surface area (TPSA) is 66.4 Å². The van der Waals surface area contributed by atoms with Crippen LogP contribution in [0.25, 0.3) is 0 Å². The van der Waals surface area contributed by atoms with Gasteiger partial charge in [-0.3, -0.25) is 9.59 Å². The second kappa shape index (κ2) is 7.50. The molecule has 5 heteroatoms. The lowest BCUT2D eigenvalue weighted by Crippen LogP contribution is -2.34. The summed E-state index contributed by atoms with van der Waals surface area (Å²) in [4.78, 5) is 22.7. The van der Waals surface area contributed by atoms with Crippen molar-refractivity contribution in [1.82, 2.24) is 5.32 Å².